The van der Waals surface area contributed by atoms with Crippen LogP contribution in [0.4, 0.5) is 5.69 Å². The molecule has 0 fully saturated rings. The van der Waals surface area contributed by atoms with Gasteiger partial charge in [0.05, 0.1) is 0 Å². The van der Waals surface area contributed by atoms with Gasteiger partial charge in [-0.25, -0.2) is 0 Å². The topological polar surface area (TPSA) is 15.3 Å². The number of anilines is 1. The molecule has 0 bridgehead atoms. The van der Waals surface area contributed by atoms with Gasteiger partial charge >= 0.3 is 0 Å². The van der Waals surface area contributed by atoms with Crippen LogP contribution in [0.25, 0.3) is 0 Å². The molecule has 0 saturated heterocycles. The lowest BCUT2D eigenvalue weighted by Gasteiger charge is -2.30. The van der Waals surface area contributed by atoms with E-state index >= 15 is 0 Å². The average molecular weight is 220 g/mol. The van der Waals surface area contributed by atoms with Gasteiger partial charge in [-0.15, -0.1) is 0 Å². The highest BCUT2D eigenvalue weighted by molar-refractivity contribution is 5.54. The maximum absolute atomic E-state index is 3.26. The molecule has 90 valence electrons. The molecule has 1 N–H and O–H groups in total. The Hall–Kier alpha value is -1.02. The van der Waals surface area contributed by atoms with Crippen LogP contribution in [0.15, 0.2) is 18.2 Å². The second-order valence-electron chi connectivity index (χ2n) is 4.52. The zero-order valence-electron chi connectivity index (χ0n) is 11.2. The summed E-state index contributed by atoms with van der Waals surface area (Å²) in [6.45, 7) is 7.59. The van der Waals surface area contributed by atoms with Gasteiger partial charge in [0.1, 0.15) is 0 Å². The molecule has 0 heterocycles. The molecule has 1 aromatic carbocycles. The number of nitrogens with zero attached hydrogens (tertiary/aromatic N) is 1. The molecule has 0 amide bonds. The first-order valence-corrected chi connectivity index (χ1v) is 6.04. The van der Waals surface area contributed by atoms with Crippen LogP contribution in [0.2, 0.25) is 0 Å². The first-order valence-electron chi connectivity index (χ1n) is 6.04. The number of rotatable bonds is 5. The second-order valence-corrected chi connectivity index (χ2v) is 4.52. The van der Waals surface area contributed by atoms with Crippen LogP contribution in [0.3, 0.4) is 0 Å². The molecule has 1 rings (SSSR count). The van der Waals surface area contributed by atoms with Crippen LogP contribution in [0, 0.1) is 13.8 Å². The quantitative estimate of drug-likeness (QED) is 0.821. The van der Waals surface area contributed by atoms with Gasteiger partial charge in [-0.2, -0.15) is 0 Å². The van der Waals surface area contributed by atoms with Gasteiger partial charge in [0, 0.05) is 25.3 Å². The van der Waals surface area contributed by atoms with E-state index < -0.39 is 0 Å². The molecular weight excluding hydrogens is 196 g/mol. The smallest absolute Gasteiger partial charge is 0.0408 e. The van der Waals surface area contributed by atoms with Crippen molar-refractivity contribution in [3.63, 3.8) is 0 Å². The molecule has 1 atom stereocenters. The van der Waals surface area contributed by atoms with Gasteiger partial charge in [-0.05, 0) is 38.9 Å². The highest BCUT2D eigenvalue weighted by Gasteiger charge is 2.13. The molecule has 0 aliphatic heterocycles. The first kappa shape index (κ1) is 13.0. The summed E-state index contributed by atoms with van der Waals surface area (Å²) in [5, 5.41) is 3.26. The Morgan fingerprint density at radius 1 is 1.31 bits per heavy atom. The Morgan fingerprint density at radius 3 is 2.50 bits per heavy atom. The third-order valence-electron chi connectivity index (χ3n) is 3.19. The molecule has 2 heteroatoms. The van der Waals surface area contributed by atoms with Crippen molar-refractivity contribution in [2.75, 3.05) is 25.5 Å². The van der Waals surface area contributed by atoms with Crippen LogP contribution in [0.1, 0.15) is 24.5 Å². The fourth-order valence-electron chi connectivity index (χ4n) is 2.19. The normalized spacial score (nSPS) is 12.6. The van der Waals surface area contributed by atoms with Gasteiger partial charge in [-0.3, -0.25) is 0 Å². The fraction of sp³-hybridized carbons (Fsp3) is 0.571. The van der Waals surface area contributed by atoms with Gasteiger partial charge in [0.2, 0.25) is 0 Å². The van der Waals surface area contributed by atoms with E-state index in [0.29, 0.717) is 6.04 Å². The van der Waals surface area contributed by atoms with Crippen LogP contribution < -0.4 is 10.2 Å². The monoisotopic (exact) mass is 220 g/mol. The van der Waals surface area contributed by atoms with Crippen molar-refractivity contribution in [1.82, 2.24) is 5.32 Å². The van der Waals surface area contributed by atoms with E-state index in [4.69, 9.17) is 0 Å². The lowest BCUT2D eigenvalue weighted by atomic mass is 10.1. The molecule has 0 spiro atoms. The predicted molar refractivity (Wildman–Crippen MR) is 72.3 cm³/mol. The largest absolute Gasteiger partial charge is 0.370 e. The van der Waals surface area contributed by atoms with Crippen molar-refractivity contribution in [3.05, 3.63) is 29.3 Å². The van der Waals surface area contributed by atoms with Gasteiger partial charge in [-0.1, -0.05) is 24.6 Å². The molecular formula is C14H24N2. The molecule has 1 unspecified atom stereocenters. The van der Waals surface area contributed by atoms with Crippen molar-refractivity contribution in [2.24, 2.45) is 0 Å². The Kier molecular flexibility index (Phi) is 4.81. The number of aryl methyl sites for hydroxylation is 2. The van der Waals surface area contributed by atoms with Crippen LogP contribution >= 0.6 is 0 Å². The van der Waals surface area contributed by atoms with Crippen molar-refractivity contribution >= 4 is 5.69 Å². The molecule has 0 aliphatic rings. The van der Waals surface area contributed by atoms with Crippen molar-refractivity contribution in [1.29, 1.82) is 0 Å². The van der Waals surface area contributed by atoms with Gasteiger partial charge in [0.25, 0.3) is 0 Å². The summed E-state index contributed by atoms with van der Waals surface area (Å²) in [7, 11) is 4.20. The summed E-state index contributed by atoms with van der Waals surface area (Å²) in [4.78, 5) is 2.38. The van der Waals surface area contributed by atoms with Crippen LogP contribution in [-0.2, 0) is 0 Å². The van der Waals surface area contributed by atoms with Crippen molar-refractivity contribution in [3.8, 4) is 0 Å². The Balaban J connectivity index is 2.89. The van der Waals surface area contributed by atoms with E-state index in [2.05, 4.69) is 56.2 Å². The maximum Gasteiger partial charge on any atom is 0.0408 e. The minimum absolute atomic E-state index is 0.561. The van der Waals surface area contributed by atoms with Crippen molar-refractivity contribution in [2.45, 2.75) is 33.2 Å². The molecule has 16 heavy (non-hydrogen) atoms. The van der Waals surface area contributed by atoms with E-state index in [9.17, 15) is 0 Å². The number of hydrogen-bond acceptors (Lipinski definition) is 2. The second kappa shape index (κ2) is 5.90. The molecule has 0 aromatic heterocycles. The minimum Gasteiger partial charge on any atom is -0.370 e. The minimum atomic E-state index is 0.561. The Labute approximate surface area is 99.7 Å². The summed E-state index contributed by atoms with van der Waals surface area (Å²) >= 11 is 0. The lowest BCUT2D eigenvalue weighted by molar-refractivity contribution is 0.571. The standard InChI is InChI=1S/C14H24N2/c1-6-13(10-15-4)16(5)14-8-7-11(2)9-12(14)3/h7-9,13,15H,6,10H2,1-5H3. The molecule has 0 saturated carbocycles. The SMILES string of the molecule is CCC(CNC)N(C)c1ccc(C)cc1C. The fourth-order valence-corrected chi connectivity index (χ4v) is 2.19. The van der Waals surface area contributed by atoms with E-state index in [1.165, 1.54) is 16.8 Å². The average Bonchev–Trinajstić information content (AvgIpc) is 2.25. The molecule has 0 aliphatic carbocycles. The van der Waals surface area contributed by atoms with E-state index in [1.54, 1.807) is 0 Å². The van der Waals surface area contributed by atoms with Crippen LogP contribution in [0.5, 0.6) is 0 Å². The summed E-state index contributed by atoms with van der Waals surface area (Å²) < 4.78 is 0. The Morgan fingerprint density at radius 2 is 2.00 bits per heavy atom. The van der Waals surface area contributed by atoms with Gasteiger partial charge in [0.15, 0.2) is 0 Å². The summed E-state index contributed by atoms with van der Waals surface area (Å²) in [5.41, 5.74) is 4.03. The Bertz CT molecular complexity index is 334. The summed E-state index contributed by atoms with van der Waals surface area (Å²) in [6.07, 6.45) is 1.16. The third kappa shape index (κ3) is 2.99. The molecule has 1 aromatic rings. The highest BCUT2D eigenvalue weighted by atomic mass is 15.2. The van der Waals surface area contributed by atoms with Gasteiger partial charge < -0.3 is 10.2 Å². The number of likely N-dealkylation sites (N-methyl/N-ethyl adjacent to an activating group) is 2. The predicted octanol–water partition coefficient (Wildman–Crippen LogP) is 2.74. The number of hydrogen-bond donors (Lipinski definition) is 1. The number of benzene rings is 1. The maximum atomic E-state index is 3.26. The first-order chi connectivity index (χ1) is 7.60. The van der Waals surface area contributed by atoms with Crippen LogP contribution in [-0.4, -0.2) is 26.7 Å². The highest BCUT2D eigenvalue weighted by Crippen LogP contribution is 2.22. The van der Waals surface area contributed by atoms with E-state index in [-0.39, 0.29) is 0 Å². The zero-order chi connectivity index (χ0) is 12.1. The summed E-state index contributed by atoms with van der Waals surface area (Å²) in [6, 6.07) is 7.22. The van der Waals surface area contributed by atoms with E-state index in [0.717, 1.165) is 13.0 Å². The molecule has 2 nitrogen and oxygen atoms in total. The third-order valence-corrected chi connectivity index (χ3v) is 3.19. The zero-order valence-corrected chi connectivity index (χ0v) is 11.2. The molecule has 0 radical (unpaired) electrons. The van der Waals surface area contributed by atoms with Crippen molar-refractivity contribution < 1.29 is 0 Å². The van der Waals surface area contributed by atoms with E-state index in [1.807, 2.05) is 7.05 Å². The summed E-state index contributed by atoms with van der Waals surface area (Å²) in [5.74, 6) is 0. The number of nitrogens with one attached hydrogen (secondary N) is 1. The lowest BCUT2D eigenvalue weighted by Crippen LogP contribution is -2.39.